The van der Waals surface area contributed by atoms with Gasteiger partial charge in [0.15, 0.2) is 0 Å². The van der Waals surface area contributed by atoms with Crippen LogP contribution >= 0.6 is 0 Å². The molecule has 11 N–H and O–H groups in total. The average Bonchev–Trinajstić information content (AvgIpc) is 1.71. The number of ether oxygens (including phenoxy) is 1. The predicted molar refractivity (Wildman–Crippen MR) is 380 cm³/mol. The minimum Gasteiger partial charge on any atom is -0.458 e. The van der Waals surface area contributed by atoms with E-state index >= 15 is 28.8 Å². The molecule has 2 fully saturated rings. The minimum atomic E-state index is -1.90. The number of fused-ring (bicyclic) bond motifs is 2. The molecule has 2 aromatic carbocycles. The van der Waals surface area contributed by atoms with Gasteiger partial charge in [-0.2, -0.15) is 0 Å². The summed E-state index contributed by atoms with van der Waals surface area (Å²) in [4.78, 5) is 187. The van der Waals surface area contributed by atoms with E-state index in [9.17, 15) is 39.0 Å². The number of hydrogen-bond donors (Lipinski definition) is 11. The number of benzene rings is 2. The maximum atomic E-state index is 15.4. The second-order valence-corrected chi connectivity index (χ2v) is 29.7. The Morgan fingerprint density at radius 2 is 1.10 bits per heavy atom. The van der Waals surface area contributed by atoms with Crippen molar-refractivity contribution >= 4 is 81.9 Å². The van der Waals surface area contributed by atoms with Gasteiger partial charge in [-0.15, -0.1) is 0 Å². The molecule has 28 heteroatoms. The van der Waals surface area contributed by atoms with E-state index in [0.717, 1.165) is 27.8 Å². The van der Waals surface area contributed by atoms with Crippen molar-refractivity contribution < 1.29 is 72.5 Å². The summed E-state index contributed by atoms with van der Waals surface area (Å²) in [5.41, 5.74) is 1.92. The van der Waals surface area contributed by atoms with Crippen molar-refractivity contribution in [1.29, 1.82) is 0 Å². The molecule has 5 rings (SSSR count). The molecule has 11 amide bonds. The van der Waals surface area contributed by atoms with E-state index in [2.05, 4.69) is 47.5 Å². The van der Waals surface area contributed by atoms with Crippen LogP contribution in [0.5, 0.6) is 0 Å². The van der Waals surface area contributed by atoms with Crippen LogP contribution in [0.3, 0.4) is 0 Å². The fourth-order valence-corrected chi connectivity index (χ4v) is 13.0. The van der Waals surface area contributed by atoms with E-state index in [1.807, 2.05) is 38.1 Å². The molecule has 2 aliphatic rings. The first-order valence-corrected chi connectivity index (χ1v) is 35.3. The number of aromatic nitrogens is 1. The molecular formula is C73H113N13O15. The van der Waals surface area contributed by atoms with Crippen LogP contribution in [0.1, 0.15) is 135 Å². The standard InChI is InChI=1S/C73H113N13O15/c1-36(2)30-51-63(90)79-58(41(11)12)72(99)86-35-47(88)33-53(86)69(96)83(18)52(32-46-34-75-49-29-25-24-28-48(46)49)64(91)77-55(38(5)6)66(93)76-50(31-45-26-22-21-23-27-45)62(89)81-59(42(13)14)73(100)101-44(16)60(82-67(94)56(39(7)8)78-65(92)54(74-17)37(3)4)71(98)85(20)61(43(15)87)68(95)80-57(40(9)10)70(97)84(51)19/h21-29,34,36-44,47,50-61,74-75,87-88H,30-33,35H2,1-20H3,(H,76,93)(H,77,91)(H,78,92)(H,79,90)(H,80,95)(H,81,89)(H,82,94)/t43-,44-,47-,50+,51+,52+,53+,54+,55+,56+,57+,58+,59+,60+,61+/m1/s1. The highest BCUT2D eigenvalue weighted by molar-refractivity contribution is 6.00. The Morgan fingerprint density at radius 3 is 1.65 bits per heavy atom. The quantitative estimate of drug-likeness (QED) is 0.0807. The van der Waals surface area contributed by atoms with Crippen LogP contribution in [-0.2, 0) is 75.1 Å². The Balaban J connectivity index is 1.72. The third kappa shape index (κ3) is 21.3. The summed E-state index contributed by atoms with van der Waals surface area (Å²) in [7, 11) is 5.48. The Labute approximate surface area is 594 Å². The highest BCUT2D eigenvalue weighted by Crippen LogP contribution is 2.28. The van der Waals surface area contributed by atoms with Gasteiger partial charge in [0.1, 0.15) is 72.6 Å². The number of aliphatic hydroxyl groups excluding tert-OH is 2. The molecule has 2 saturated heterocycles. The van der Waals surface area contributed by atoms with Crippen LogP contribution in [0.2, 0.25) is 0 Å². The molecule has 0 radical (unpaired) electrons. The van der Waals surface area contributed by atoms with Gasteiger partial charge >= 0.3 is 5.97 Å². The largest absolute Gasteiger partial charge is 0.458 e. The van der Waals surface area contributed by atoms with Crippen LogP contribution in [0.25, 0.3) is 10.9 Å². The van der Waals surface area contributed by atoms with Crippen molar-refractivity contribution in [1.82, 2.24) is 67.1 Å². The van der Waals surface area contributed by atoms with E-state index in [1.165, 1.54) is 37.7 Å². The van der Waals surface area contributed by atoms with Gasteiger partial charge in [0, 0.05) is 64.1 Å². The SMILES string of the molecule is CN[C@H](C(=O)N[C@H](C(=O)N[C@@H]1C(=O)N(C)[C@@H]([C@@H](C)O)C(=O)N[C@@H](C(C)C)C(=O)N(C)[C@@H](CC(C)C)C(=O)N[C@@H](C(C)C)C(=O)N2C[C@H](O)C[C@H]2C(=O)N(C)[C@@H](Cc2c[nH]c3ccccc23)C(=O)N[C@@H](C(C)C)C(=O)N[C@@H](Cc2ccccc2)C(=O)N[C@@H](C(C)C)C(=O)O[C@@H]1C)C(C)C)C(C)C. The summed E-state index contributed by atoms with van der Waals surface area (Å²) < 4.78 is 6.08. The molecule has 15 atom stereocenters. The number of nitrogens with one attached hydrogen (secondary N) is 9. The molecule has 28 nitrogen and oxygen atoms in total. The van der Waals surface area contributed by atoms with Gasteiger partial charge in [0.25, 0.3) is 0 Å². The van der Waals surface area contributed by atoms with Gasteiger partial charge in [0.05, 0.1) is 18.2 Å². The Bertz CT molecular complexity index is 3390. The zero-order valence-electron chi connectivity index (χ0n) is 62.5. The lowest BCUT2D eigenvalue weighted by atomic mass is 9.96. The number of hydrogen-bond acceptors (Lipinski definition) is 16. The number of aliphatic hydroxyl groups is 2. The molecule has 101 heavy (non-hydrogen) atoms. The maximum Gasteiger partial charge on any atom is 0.329 e. The monoisotopic (exact) mass is 1410 g/mol. The van der Waals surface area contributed by atoms with Crippen LogP contribution in [0.15, 0.2) is 60.8 Å². The lowest BCUT2D eigenvalue weighted by molar-refractivity contribution is -0.160. The minimum absolute atomic E-state index is 0.0382. The molecule has 3 heterocycles. The Hall–Kier alpha value is -8.50. The van der Waals surface area contributed by atoms with Crippen molar-refractivity contribution in [3.8, 4) is 0 Å². The van der Waals surface area contributed by atoms with E-state index in [0.29, 0.717) is 11.1 Å². The lowest BCUT2D eigenvalue weighted by Gasteiger charge is -2.38. The van der Waals surface area contributed by atoms with Gasteiger partial charge in [-0.1, -0.05) is 145 Å². The van der Waals surface area contributed by atoms with E-state index in [-0.39, 0.29) is 44.1 Å². The fraction of sp³-hybridized carbons (Fsp3) is 0.644. The zero-order chi connectivity index (χ0) is 75.9. The van der Waals surface area contributed by atoms with Gasteiger partial charge in [-0.25, -0.2) is 4.79 Å². The zero-order valence-corrected chi connectivity index (χ0v) is 62.5. The van der Waals surface area contributed by atoms with E-state index < -0.39 is 191 Å². The number of esters is 1. The van der Waals surface area contributed by atoms with Gasteiger partial charge in [-0.3, -0.25) is 52.7 Å². The van der Waals surface area contributed by atoms with Crippen LogP contribution in [-0.4, -0.2) is 231 Å². The number of amides is 11. The van der Waals surface area contributed by atoms with Gasteiger partial charge in [0.2, 0.25) is 65.0 Å². The summed E-state index contributed by atoms with van der Waals surface area (Å²) in [6, 6.07) is -1.11. The van der Waals surface area contributed by atoms with Crippen molar-refractivity contribution in [3.63, 3.8) is 0 Å². The van der Waals surface area contributed by atoms with Crippen molar-refractivity contribution in [2.45, 2.75) is 227 Å². The molecule has 560 valence electrons. The topological polar surface area (TPSA) is 380 Å². The fourth-order valence-electron chi connectivity index (χ4n) is 13.0. The smallest absolute Gasteiger partial charge is 0.329 e. The number of carbonyl (C=O) groups excluding carboxylic acids is 12. The molecule has 0 bridgehead atoms. The average molecular weight is 1410 g/mol. The number of carbonyl (C=O) groups is 12. The number of H-pyrrole nitrogens is 1. The number of likely N-dealkylation sites (N-methyl/N-ethyl adjacent to an activating group) is 4. The first-order valence-electron chi connectivity index (χ1n) is 35.3. The molecule has 0 saturated carbocycles. The summed E-state index contributed by atoms with van der Waals surface area (Å²) in [6.45, 7) is 25.8. The number of nitrogens with zero attached hydrogens (tertiary/aromatic N) is 4. The number of para-hydroxylation sites is 1. The second-order valence-electron chi connectivity index (χ2n) is 29.7. The molecule has 3 aromatic rings. The van der Waals surface area contributed by atoms with E-state index in [1.54, 1.807) is 127 Å². The Morgan fingerprint density at radius 1 is 0.574 bits per heavy atom. The van der Waals surface area contributed by atoms with Gasteiger partial charge < -0.3 is 82.1 Å². The summed E-state index contributed by atoms with van der Waals surface area (Å²) in [6.07, 6.45) is -3.38. The highest BCUT2D eigenvalue weighted by Gasteiger charge is 2.48. The lowest BCUT2D eigenvalue weighted by Crippen LogP contribution is -2.65. The summed E-state index contributed by atoms with van der Waals surface area (Å²) in [5, 5.41) is 46.0. The van der Waals surface area contributed by atoms with Crippen molar-refractivity contribution in [3.05, 3.63) is 71.9 Å². The van der Waals surface area contributed by atoms with Crippen LogP contribution in [0, 0.1) is 41.4 Å². The maximum absolute atomic E-state index is 15.4. The molecular weight excluding hydrogens is 1300 g/mol. The molecule has 0 aliphatic carbocycles. The number of rotatable bonds is 18. The molecule has 2 aliphatic heterocycles. The van der Waals surface area contributed by atoms with E-state index in [4.69, 9.17) is 4.74 Å². The predicted octanol–water partition coefficient (Wildman–Crippen LogP) is 1.69. The van der Waals surface area contributed by atoms with Gasteiger partial charge in [-0.05, 0) is 85.9 Å². The molecule has 0 unspecified atom stereocenters. The molecule has 0 spiro atoms. The highest BCUT2D eigenvalue weighted by atomic mass is 16.5. The Kier molecular flexibility index (Phi) is 30.4. The summed E-state index contributed by atoms with van der Waals surface area (Å²) in [5.74, 6) is -14.2. The normalized spacial score (nSPS) is 26.2. The summed E-state index contributed by atoms with van der Waals surface area (Å²) >= 11 is 0. The van der Waals surface area contributed by atoms with Crippen LogP contribution in [0.4, 0.5) is 0 Å². The first-order chi connectivity index (χ1) is 47.2. The van der Waals surface area contributed by atoms with Crippen molar-refractivity contribution in [2.24, 2.45) is 41.4 Å². The third-order valence-electron chi connectivity index (χ3n) is 19.0. The number of aromatic amines is 1. The van der Waals surface area contributed by atoms with Crippen molar-refractivity contribution in [2.75, 3.05) is 34.7 Å². The number of cyclic esters (lactones) is 1. The van der Waals surface area contributed by atoms with Crippen LogP contribution < -0.4 is 42.5 Å². The second kappa shape index (κ2) is 36.9. The first kappa shape index (κ1) is 83.2. The third-order valence-corrected chi connectivity index (χ3v) is 19.0. The molecule has 1 aromatic heterocycles.